The third-order valence-corrected chi connectivity index (χ3v) is 5.01. The number of hydrogen-bond donors (Lipinski definition) is 2. The van der Waals surface area contributed by atoms with E-state index in [4.69, 9.17) is 0 Å². The molecule has 0 spiro atoms. The molecule has 0 radical (unpaired) electrons. The van der Waals surface area contributed by atoms with Crippen LogP contribution in [-0.2, 0) is 13.0 Å². The molecule has 0 aliphatic rings. The van der Waals surface area contributed by atoms with Gasteiger partial charge in [0.2, 0.25) is 0 Å². The Morgan fingerprint density at radius 3 is 2.32 bits per heavy atom. The summed E-state index contributed by atoms with van der Waals surface area (Å²) in [5.41, 5.74) is 2.88. The van der Waals surface area contributed by atoms with Gasteiger partial charge in [0.25, 0.3) is 5.91 Å². The van der Waals surface area contributed by atoms with E-state index in [1.807, 2.05) is 50.2 Å². The van der Waals surface area contributed by atoms with E-state index in [9.17, 15) is 9.59 Å². The molecule has 6 heteroatoms. The standard InChI is InChI=1S/C22H28BrN3O2/c1-3-26(4-2)21(27)19-12-10-18(11-13-19)16-25-22(28)24-14-6-8-17-7-5-9-20(23)15-17/h5,7,9-13,15H,3-4,6,8,14,16H2,1-2H3,(H2,24,25,28). The van der Waals surface area contributed by atoms with Crippen LogP contribution in [0.25, 0.3) is 0 Å². The Bertz CT molecular complexity index is 774. The molecule has 5 nitrogen and oxygen atoms in total. The van der Waals surface area contributed by atoms with Crippen LogP contribution in [0.4, 0.5) is 4.79 Å². The zero-order valence-corrected chi connectivity index (χ0v) is 18.1. The van der Waals surface area contributed by atoms with Crippen LogP contribution in [0.3, 0.4) is 0 Å². The van der Waals surface area contributed by atoms with Crippen LogP contribution >= 0.6 is 15.9 Å². The maximum Gasteiger partial charge on any atom is 0.315 e. The van der Waals surface area contributed by atoms with Gasteiger partial charge in [-0.3, -0.25) is 4.79 Å². The first kappa shape index (κ1) is 22.0. The Hall–Kier alpha value is -2.34. The molecule has 2 aromatic carbocycles. The molecule has 2 N–H and O–H groups in total. The number of rotatable bonds is 9. The molecule has 0 fully saturated rings. The normalized spacial score (nSPS) is 10.4. The van der Waals surface area contributed by atoms with Crippen molar-refractivity contribution >= 4 is 27.9 Å². The molecule has 2 aromatic rings. The van der Waals surface area contributed by atoms with Crippen molar-refractivity contribution in [2.75, 3.05) is 19.6 Å². The predicted molar refractivity (Wildman–Crippen MR) is 116 cm³/mol. The maximum atomic E-state index is 12.3. The van der Waals surface area contributed by atoms with Crippen LogP contribution in [0.2, 0.25) is 0 Å². The number of benzene rings is 2. The Morgan fingerprint density at radius 2 is 1.68 bits per heavy atom. The fourth-order valence-electron chi connectivity index (χ4n) is 2.89. The van der Waals surface area contributed by atoms with Crippen molar-refractivity contribution in [1.82, 2.24) is 15.5 Å². The minimum absolute atomic E-state index is 0.0349. The van der Waals surface area contributed by atoms with Gasteiger partial charge in [-0.05, 0) is 62.1 Å². The summed E-state index contributed by atoms with van der Waals surface area (Å²) in [7, 11) is 0. The Kier molecular flexibility index (Phi) is 9.01. The summed E-state index contributed by atoms with van der Waals surface area (Å²) in [6.07, 6.45) is 1.80. The lowest BCUT2D eigenvalue weighted by Crippen LogP contribution is -2.35. The van der Waals surface area contributed by atoms with Gasteiger partial charge in [-0.1, -0.05) is 40.2 Å². The van der Waals surface area contributed by atoms with Gasteiger partial charge < -0.3 is 15.5 Å². The average molecular weight is 446 g/mol. The molecule has 0 saturated heterocycles. The van der Waals surface area contributed by atoms with Crippen LogP contribution in [0.15, 0.2) is 53.0 Å². The van der Waals surface area contributed by atoms with Crippen molar-refractivity contribution < 1.29 is 9.59 Å². The van der Waals surface area contributed by atoms with Crippen LogP contribution in [-0.4, -0.2) is 36.5 Å². The molecule has 0 aromatic heterocycles. The fraction of sp³-hybridized carbons (Fsp3) is 0.364. The van der Waals surface area contributed by atoms with Crippen molar-refractivity contribution in [3.05, 3.63) is 69.7 Å². The van der Waals surface area contributed by atoms with Gasteiger partial charge in [-0.15, -0.1) is 0 Å². The summed E-state index contributed by atoms with van der Waals surface area (Å²) in [6.45, 7) is 6.38. The van der Waals surface area contributed by atoms with Crippen molar-refractivity contribution in [3.63, 3.8) is 0 Å². The Labute approximate surface area is 175 Å². The predicted octanol–water partition coefficient (Wildman–Crippen LogP) is 4.36. The van der Waals surface area contributed by atoms with Gasteiger partial charge >= 0.3 is 6.03 Å². The van der Waals surface area contributed by atoms with E-state index in [1.54, 1.807) is 4.90 Å². The van der Waals surface area contributed by atoms with E-state index in [2.05, 4.69) is 38.7 Å². The first-order valence-electron chi connectivity index (χ1n) is 9.67. The fourth-order valence-corrected chi connectivity index (χ4v) is 3.34. The van der Waals surface area contributed by atoms with Crippen molar-refractivity contribution in [1.29, 1.82) is 0 Å². The lowest BCUT2D eigenvalue weighted by atomic mass is 10.1. The highest BCUT2D eigenvalue weighted by Crippen LogP contribution is 2.12. The molecule has 0 heterocycles. The first-order chi connectivity index (χ1) is 13.5. The molecule has 3 amide bonds. The smallest absolute Gasteiger partial charge is 0.315 e. The Morgan fingerprint density at radius 1 is 0.964 bits per heavy atom. The summed E-state index contributed by atoms with van der Waals surface area (Å²) < 4.78 is 1.07. The molecule has 150 valence electrons. The van der Waals surface area contributed by atoms with E-state index < -0.39 is 0 Å². The summed E-state index contributed by atoms with van der Waals surface area (Å²) in [5.74, 6) is 0.0349. The van der Waals surface area contributed by atoms with Crippen LogP contribution in [0.5, 0.6) is 0 Å². The van der Waals surface area contributed by atoms with E-state index in [-0.39, 0.29) is 11.9 Å². The number of carbonyl (C=O) groups excluding carboxylic acids is 2. The maximum absolute atomic E-state index is 12.3. The molecular weight excluding hydrogens is 418 g/mol. The summed E-state index contributed by atoms with van der Waals surface area (Å²) in [5, 5.41) is 5.72. The number of aryl methyl sites for hydroxylation is 1. The number of nitrogens with zero attached hydrogens (tertiary/aromatic N) is 1. The highest BCUT2D eigenvalue weighted by Gasteiger charge is 2.11. The number of nitrogens with one attached hydrogen (secondary N) is 2. The first-order valence-corrected chi connectivity index (χ1v) is 10.5. The molecule has 0 aliphatic carbocycles. The lowest BCUT2D eigenvalue weighted by molar-refractivity contribution is 0.0773. The topological polar surface area (TPSA) is 61.4 Å². The second kappa shape index (κ2) is 11.5. The monoisotopic (exact) mass is 445 g/mol. The number of urea groups is 1. The quantitative estimate of drug-likeness (QED) is 0.563. The van der Waals surface area contributed by atoms with Gasteiger partial charge in [0.05, 0.1) is 0 Å². The molecule has 2 rings (SSSR count). The van der Waals surface area contributed by atoms with Gasteiger partial charge in [0.15, 0.2) is 0 Å². The molecule has 0 atom stereocenters. The molecule has 0 bridgehead atoms. The second-order valence-electron chi connectivity index (χ2n) is 6.52. The zero-order valence-electron chi connectivity index (χ0n) is 16.5. The largest absolute Gasteiger partial charge is 0.339 e. The SMILES string of the molecule is CCN(CC)C(=O)c1ccc(CNC(=O)NCCCc2cccc(Br)c2)cc1. The minimum Gasteiger partial charge on any atom is -0.339 e. The van der Waals surface area contributed by atoms with Gasteiger partial charge in [-0.25, -0.2) is 4.79 Å². The van der Waals surface area contributed by atoms with Gasteiger partial charge in [0.1, 0.15) is 0 Å². The molecule has 0 saturated carbocycles. The van der Waals surface area contributed by atoms with Crippen LogP contribution in [0, 0.1) is 0 Å². The second-order valence-corrected chi connectivity index (χ2v) is 7.43. The summed E-state index contributed by atoms with van der Waals surface area (Å²) in [6, 6.07) is 15.4. The van der Waals surface area contributed by atoms with E-state index in [1.165, 1.54) is 5.56 Å². The third kappa shape index (κ3) is 7.00. The number of halogens is 1. The minimum atomic E-state index is -0.183. The Balaban J connectivity index is 1.70. The zero-order chi connectivity index (χ0) is 20.4. The van der Waals surface area contributed by atoms with Crippen molar-refractivity contribution in [2.45, 2.75) is 33.2 Å². The average Bonchev–Trinajstić information content (AvgIpc) is 2.71. The van der Waals surface area contributed by atoms with E-state index >= 15 is 0 Å². The van der Waals surface area contributed by atoms with E-state index in [0.29, 0.717) is 31.7 Å². The van der Waals surface area contributed by atoms with Crippen molar-refractivity contribution in [2.24, 2.45) is 0 Å². The van der Waals surface area contributed by atoms with Gasteiger partial charge in [-0.2, -0.15) is 0 Å². The molecule has 28 heavy (non-hydrogen) atoms. The van der Waals surface area contributed by atoms with Gasteiger partial charge in [0, 0.05) is 36.2 Å². The molecular formula is C22H28BrN3O2. The molecule has 0 unspecified atom stereocenters. The number of hydrogen-bond acceptors (Lipinski definition) is 2. The lowest BCUT2D eigenvalue weighted by Gasteiger charge is -2.18. The summed E-state index contributed by atoms with van der Waals surface area (Å²) >= 11 is 3.46. The van der Waals surface area contributed by atoms with Crippen LogP contribution in [0.1, 0.15) is 41.8 Å². The number of carbonyl (C=O) groups is 2. The van der Waals surface area contributed by atoms with Crippen LogP contribution < -0.4 is 10.6 Å². The van der Waals surface area contributed by atoms with E-state index in [0.717, 1.165) is 22.9 Å². The van der Waals surface area contributed by atoms with Crippen molar-refractivity contribution in [3.8, 4) is 0 Å². The third-order valence-electron chi connectivity index (χ3n) is 4.52. The number of amides is 3. The molecule has 0 aliphatic heterocycles. The summed E-state index contributed by atoms with van der Waals surface area (Å²) in [4.78, 5) is 26.0. The highest BCUT2D eigenvalue weighted by molar-refractivity contribution is 9.10. The highest BCUT2D eigenvalue weighted by atomic mass is 79.9.